The summed E-state index contributed by atoms with van der Waals surface area (Å²) in [5, 5.41) is 13.8. The van der Waals surface area contributed by atoms with Crippen molar-refractivity contribution in [3.8, 4) is 0 Å². The minimum atomic E-state index is -0.622. The fourth-order valence-electron chi connectivity index (χ4n) is 2.14. The highest BCUT2D eigenvalue weighted by Gasteiger charge is 2.17. The minimum Gasteiger partial charge on any atom is -0.375 e. The van der Waals surface area contributed by atoms with Gasteiger partial charge in [-0.1, -0.05) is 11.3 Å². The molecule has 0 aliphatic carbocycles. The van der Waals surface area contributed by atoms with Crippen molar-refractivity contribution in [2.75, 3.05) is 11.9 Å². The zero-order chi connectivity index (χ0) is 16.4. The molecule has 1 aliphatic rings. The lowest BCUT2D eigenvalue weighted by Crippen LogP contribution is -2.26. The third kappa shape index (κ3) is 3.43. The molecular weight excluding hydrogens is 324 g/mol. The number of aromatic nitrogens is 2. The van der Waals surface area contributed by atoms with Crippen molar-refractivity contribution in [1.82, 2.24) is 9.55 Å². The number of thiazole rings is 1. The van der Waals surface area contributed by atoms with Crippen molar-refractivity contribution in [3.63, 3.8) is 0 Å². The number of rotatable bonds is 4. The van der Waals surface area contributed by atoms with Gasteiger partial charge in [-0.15, -0.1) is 0 Å². The number of anilines is 1. The van der Waals surface area contributed by atoms with Crippen LogP contribution in [0.1, 0.15) is 10.6 Å². The summed E-state index contributed by atoms with van der Waals surface area (Å²) in [6.45, 7) is 0.766. The van der Waals surface area contributed by atoms with E-state index in [1.807, 2.05) is 0 Å². The first kappa shape index (κ1) is 15.3. The number of fused-ring (bicyclic) bond motifs is 1. The van der Waals surface area contributed by atoms with Gasteiger partial charge in [0.05, 0.1) is 34.9 Å². The van der Waals surface area contributed by atoms with Crippen LogP contribution in [-0.2, 0) is 29.1 Å². The van der Waals surface area contributed by atoms with Crippen molar-refractivity contribution in [2.45, 2.75) is 19.6 Å². The molecule has 3 heterocycles. The molecule has 0 fully saturated rings. The Balaban J connectivity index is 1.72. The fraction of sp³-hybridized carbons (Fsp3) is 0.308. The molecule has 1 aliphatic heterocycles. The van der Waals surface area contributed by atoms with E-state index >= 15 is 0 Å². The van der Waals surface area contributed by atoms with Crippen LogP contribution < -0.4 is 10.9 Å². The number of carbonyl (C=O) groups is 1. The molecule has 0 radical (unpaired) electrons. The molecule has 10 heteroatoms. The third-order valence-electron chi connectivity index (χ3n) is 3.23. The van der Waals surface area contributed by atoms with Crippen LogP contribution in [0.4, 0.5) is 10.8 Å². The van der Waals surface area contributed by atoms with E-state index in [0.717, 1.165) is 33.5 Å². The van der Waals surface area contributed by atoms with E-state index in [2.05, 4.69) is 10.3 Å². The molecule has 0 aromatic carbocycles. The zero-order valence-electron chi connectivity index (χ0n) is 11.9. The largest absolute Gasteiger partial charge is 0.375 e. The van der Waals surface area contributed by atoms with Crippen LogP contribution in [-0.4, -0.2) is 27.0 Å². The fourth-order valence-corrected chi connectivity index (χ4v) is 3.10. The molecule has 9 nitrogen and oxygen atoms in total. The summed E-state index contributed by atoms with van der Waals surface area (Å²) >= 11 is 1.32. The Morgan fingerprint density at radius 2 is 2.35 bits per heavy atom. The molecule has 23 heavy (non-hydrogen) atoms. The van der Waals surface area contributed by atoms with Crippen molar-refractivity contribution < 1.29 is 14.5 Å². The van der Waals surface area contributed by atoms with Crippen LogP contribution in [0.15, 0.2) is 23.1 Å². The second-order valence-corrected chi connectivity index (χ2v) is 5.93. The summed E-state index contributed by atoms with van der Waals surface area (Å²) in [6.07, 6.45) is 1.74. The number of hydrogen-bond donors (Lipinski definition) is 1. The molecule has 2 aromatic rings. The van der Waals surface area contributed by atoms with Crippen molar-refractivity contribution in [3.05, 3.63) is 49.4 Å². The molecule has 0 saturated heterocycles. The van der Waals surface area contributed by atoms with E-state index in [-0.39, 0.29) is 12.2 Å². The molecule has 0 saturated carbocycles. The SMILES string of the molecule is O=C(Cn1cc([N+](=O)[O-])ccc1=O)Nc1nc2c(s1)COCC2. The first-order chi connectivity index (χ1) is 11.0. The van der Waals surface area contributed by atoms with E-state index in [4.69, 9.17) is 4.74 Å². The highest BCUT2D eigenvalue weighted by Crippen LogP contribution is 2.26. The second kappa shape index (κ2) is 6.26. The summed E-state index contributed by atoms with van der Waals surface area (Å²) in [5.41, 5.74) is 0.168. The predicted octanol–water partition coefficient (Wildman–Crippen LogP) is 0.924. The minimum absolute atomic E-state index is 0.251. The normalized spacial score (nSPS) is 13.4. The number of nitrogens with one attached hydrogen (secondary N) is 1. The predicted molar refractivity (Wildman–Crippen MR) is 81.5 cm³/mol. The number of pyridine rings is 1. The highest BCUT2D eigenvalue weighted by molar-refractivity contribution is 7.15. The van der Waals surface area contributed by atoms with Gasteiger partial charge in [0.15, 0.2) is 5.13 Å². The number of nitro groups is 1. The molecule has 1 N–H and O–H groups in total. The summed E-state index contributed by atoms with van der Waals surface area (Å²) < 4.78 is 6.30. The van der Waals surface area contributed by atoms with E-state index in [9.17, 15) is 19.7 Å². The van der Waals surface area contributed by atoms with Gasteiger partial charge in [0.25, 0.3) is 11.2 Å². The highest BCUT2D eigenvalue weighted by atomic mass is 32.1. The van der Waals surface area contributed by atoms with Gasteiger partial charge in [0, 0.05) is 18.6 Å². The smallest absolute Gasteiger partial charge is 0.285 e. The summed E-state index contributed by atoms with van der Waals surface area (Å²) in [7, 11) is 0. The summed E-state index contributed by atoms with van der Waals surface area (Å²) in [4.78, 5) is 39.1. The van der Waals surface area contributed by atoms with Crippen LogP contribution in [0.5, 0.6) is 0 Å². The van der Waals surface area contributed by atoms with Gasteiger partial charge in [-0.3, -0.25) is 24.3 Å². The molecule has 3 rings (SSSR count). The quantitative estimate of drug-likeness (QED) is 0.655. The molecule has 0 bridgehead atoms. The van der Waals surface area contributed by atoms with Crippen molar-refractivity contribution >= 4 is 28.1 Å². The third-order valence-corrected chi connectivity index (χ3v) is 4.22. The van der Waals surface area contributed by atoms with Crippen LogP contribution in [0.2, 0.25) is 0 Å². The standard InChI is InChI=1S/C13H12N4O5S/c18-11(6-16-5-8(17(20)21)1-2-12(16)19)15-13-14-9-3-4-22-7-10(9)23-13/h1-2,5H,3-4,6-7H2,(H,14,15,18). The van der Waals surface area contributed by atoms with Crippen LogP contribution in [0, 0.1) is 10.1 Å². The van der Waals surface area contributed by atoms with E-state index in [0.29, 0.717) is 24.8 Å². The second-order valence-electron chi connectivity index (χ2n) is 4.85. The lowest BCUT2D eigenvalue weighted by Gasteiger charge is -2.08. The van der Waals surface area contributed by atoms with Gasteiger partial charge in [0.1, 0.15) is 6.54 Å². The number of hydrogen-bond acceptors (Lipinski definition) is 7. The average Bonchev–Trinajstić information content (AvgIpc) is 2.91. The Morgan fingerprint density at radius 1 is 1.52 bits per heavy atom. The van der Waals surface area contributed by atoms with Gasteiger partial charge in [-0.05, 0) is 0 Å². The van der Waals surface area contributed by atoms with Crippen LogP contribution in [0.3, 0.4) is 0 Å². The van der Waals surface area contributed by atoms with E-state index < -0.39 is 16.4 Å². The lowest BCUT2D eigenvalue weighted by atomic mass is 10.2. The lowest BCUT2D eigenvalue weighted by molar-refractivity contribution is -0.385. The number of nitrogens with zero attached hydrogens (tertiary/aromatic N) is 3. The maximum atomic E-state index is 12.0. The molecule has 0 spiro atoms. The Labute approximate surface area is 133 Å². The van der Waals surface area contributed by atoms with Gasteiger partial charge in [-0.25, -0.2) is 4.98 Å². The van der Waals surface area contributed by atoms with Gasteiger partial charge in [0.2, 0.25) is 5.91 Å². The Morgan fingerprint density at radius 3 is 3.09 bits per heavy atom. The van der Waals surface area contributed by atoms with E-state index in [1.165, 1.54) is 11.3 Å². The van der Waals surface area contributed by atoms with Crippen molar-refractivity contribution in [2.24, 2.45) is 0 Å². The number of carbonyl (C=O) groups excluding carboxylic acids is 1. The molecule has 0 unspecified atom stereocenters. The Kier molecular flexibility index (Phi) is 4.17. The average molecular weight is 336 g/mol. The molecule has 1 amide bonds. The molecule has 120 valence electrons. The van der Waals surface area contributed by atoms with Gasteiger partial charge >= 0.3 is 0 Å². The first-order valence-corrected chi connectivity index (χ1v) is 7.55. The van der Waals surface area contributed by atoms with Crippen molar-refractivity contribution in [1.29, 1.82) is 0 Å². The van der Waals surface area contributed by atoms with E-state index in [1.54, 1.807) is 0 Å². The molecule has 2 aromatic heterocycles. The summed E-state index contributed by atoms with van der Waals surface area (Å²) in [5.74, 6) is -0.473. The monoisotopic (exact) mass is 336 g/mol. The Hall–Kier alpha value is -2.59. The maximum Gasteiger partial charge on any atom is 0.285 e. The van der Waals surface area contributed by atoms with Gasteiger partial charge < -0.3 is 10.1 Å². The topological polar surface area (TPSA) is 116 Å². The zero-order valence-corrected chi connectivity index (χ0v) is 12.7. The van der Waals surface area contributed by atoms with Crippen LogP contribution >= 0.6 is 11.3 Å². The Bertz CT molecular complexity index is 805. The maximum absolute atomic E-state index is 12.0. The molecular formula is C13H12N4O5S. The van der Waals surface area contributed by atoms with Gasteiger partial charge in [-0.2, -0.15) is 0 Å². The first-order valence-electron chi connectivity index (χ1n) is 6.74. The number of amides is 1. The number of ether oxygens (including phenoxy) is 1. The van der Waals surface area contributed by atoms with Crippen LogP contribution in [0.25, 0.3) is 0 Å². The summed E-state index contributed by atoms with van der Waals surface area (Å²) in [6, 6.07) is 2.16. The molecule has 0 atom stereocenters.